The zero-order valence-corrected chi connectivity index (χ0v) is 18.3. The first-order valence-corrected chi connectivity index (χ1v) is 10.7. The van der Waals surface area contributed by atoms with E-state index in [1.165, 1.54) is 21.9 Å². The van der Waals surface area contributed by atoms with Crippen molar-refractivity contribution in [3.05, 3.63) is 81.8 Å². The molecule has 0 aliphatic rings. The minimum atomic E-state index is -0.678. The number of nitrogens with one attached hydrogen (secondary N) is 1. The van der Waals surface area contributed by atoms with Crippen molar-refractivity contribution in [2.24, 2.45) is 0 Å². The van der Waals surface area contributed by atoms with Gasteiger partial charge in [-0.3, -0.25) is 9.59 Å². The van der Waals surface area contributed by atoms with Crippen LogP contribution in [0.25, 0.3) is 15.5 Å². The zero-order chi connectivity index (χ0) is 22.0. The van der Waals surface area contributed by atoms with E-state index >= 15 is 0 Å². The molecule has 0 saturated heterocycles. The van der Waals surface area contributed by atoms with Crippen LogP contribution in [0.3, 0.4) is 0 Å². The van der Waals surface area contributed by atoms with E-state index in [-0.39, 0.29) is 18.0 Å². The van der Waals surface area contributed by atoms with Gasteiger partial charge in [-0.25, -0.2) is 4.98 Å². The van der Waals surface area contributed by atoms with Gasteiger partial charge >= 0.3 is 0 Å². The molecule has 0 aliphatic heterocycles. The fraction of sp³-hybridized carbons (Fsp3) is 0.217. The van der Waals surface area contributed by atoms with Crippen LogP contribution < -0.4 is 15.6 Å². The minimum absolute atomic E-state index is 0.129. The molecule has 4 rings (SSSR count). The molecule has 0 aliphatic carbocycles. The Balaban J connectivity index is 1.46. The van der Waals surface area contributed by atoms with Crippen molar-refractivity contribution < 1.29 is 9.53 Å². The van der Waals surface area contributed by atoms with Crippen molar-refractivity contribution in [3.63, 3.8) is 0 Å². The van der Waals surface area contributed by atoms with E-state index in [1.807, 2.05) is 62.4 Å². The molecule has 7 nitrogen and oxygen atoms in total. The molecular weight excluding hydrogens is 412 g/mol. The van der Waals surface area contributed by atoms with Crippen LogP contribution in [-0.2, 0) is 11.3 Å². The SMILES string of the molecule is Cc1ccc(-c2nn3c(=O)cc(CNC(=O)C(C)Oc4cccc(C)c4)nc3s2)cc1. The lowest BCUT2D eigenvalue weighted by atomic mass is 10.2. The molecule has 0 bridgehead atoms. The molecule has 1 amide bonds. The van der Waals surface area contributed by atoms with Crippen LogP contribution in [0.5, 0.6) is 5.75 Å². The summed E-state index contributed by atoms with van der Waals surface area (Å²) in [5.41, 5.74) is 3.32. The number of aryl methyl sites for hydroxylation is 2. The Bertz CT molecular complexity index is 1290. The molecule has 2 heterocycles. The van der Waals surface area contributed by atoms with Gasteiger partial charge in [0, 0.05) is 11.6 Å². The Labute approximate surface area is 183 Å². The maximum absolute atomic E-state index is 12.5. The summed E-state index contributed by atoms with van der Waals surface area (Å²) in [7, 11) is 0. The Morgan fingerprint density at radius 2 is 1.90 bits per heavy atom. The normalized spacial score (nSPS) is 12.0. The number of carbonyl (C=O) groups is 1. The minimum Gasteiger partial charge on any atom is -0.481 e. The predicted octanol–water partition coefficient (Wildman–Crippen LogP) is 3.52. The van der Waals surface area contributed by atoms with Crippen LogP contribution in [0.15, 0.2) is 59.4 Å². The summed E-state index contributed by atoms with van der Waals surface area (Å²) < 4.78 is 6.98. The van der Waals surface area contributed by atoms with Crippen molar-refractivity contribution in [1.29, 1.82) is 0 Å². The van der Waals surface area contributed by atoms with Crippen LogP contribution in [0.2, 0.25) is 0 Å². The third-order valence-electron chi connectivity index (χ3n) is 4.71. The van der Waals surface area contributed by atoms with E-state index in [1.54, 1.807) is 6.92 Å². The van der Waals surface area contributed by atoms with E-state index in [0.29, 0.717) is 21.4 Å². The van der Waals surface area contributed by atoms with Crippen molar-refractivity contribution in [3.8, 4) is 16.3 Å². The number of ether oxygens (including phenoxy) is 1. The van der Waals surface area contributed by atoms with Gasteiger partial charge in [0.05, 0.1) is 12.2 Å². The van der Waals surface area contributed by atoms with Gasteiger partial charge in [0.2, 0.25) is 4.96 Å². The zero-order valence-electron chi connectivity index (χ0n) is 17.5. The summed E-state index contributed by atoms with van der Waals surface area (Å²) in [4.78, 5) is 29.9. The maximum Gasteiger partial charge on any atom is 0.275 e. The molecule has 1 unspecified atom stereocenters. The number of carbonyl (C=O) groups excluding carboxylic acids is 1. The highest BCUT2D eigenvalue weighted by Crippen LogP contribution is 2.24. The van der Waals surface area contributed by atoms with Crippen molar-refractivity contribution >= 4 is 22.2 Å². The van der Waals surface area contributed by atoms with Crippen molar-refractivity contribution in [1.82, 2.24) is 19.9 Å². The second kappa shape index (κ2) is 8.69. The molecule has 8 heteroatoms. The number of fused-ring (bicyclic) bond motifs is 1. The fourth-order valence-corrected chi connectivity index (χ4v) is 3.96. The predicted molar refractivity (Wildman–Crippen MR) is 120 cm³/mol. The molecule has 2 aromatic carbocycles. The lowest BCUT2D eigenvalue weighted by molar-refractivity contribution is -0.127. The molecule has 0 radical (unpaired) electrons. The van der Waals surface area contributed by atoms with Crippen LogP contribution in [0, 0.1) is 13.8 Å². The summed E-state index contributed by atoms with van der Waals surface area (Å²) in [5, 5.41) is 7.88. The monoisotopic (exact) mass is 434 g/mol. The topological polar surface area (TPSA) is 85.6 Å². The van der Waals surface area contributed by atoms with Gasteiger partial charge in [0.15, 0.2) is 6.10 Å². The molecule has 0 saturated carbocycles. The molecular formula is C23H22N4O3S. The van der Waals surface area contributed by atoms with Crippen LogP contribution in [0.4, 0.5) is 0 Å². The third-order valence-corrected chi connectivity index (χ3v) is 5.67. The third kappa shape index (κ3) is 4.80. The summed E-state index contributed by atoms with van der Waals surface area (Å²) in [6.07, 6.45) is -0.678. The summed E-state index contributed by atoms with van der Waals surface area (Å²) >= 11 is 1.33. The fourth-order valence-electron chi connectivity index (χ4n) is 3.03. The highest BCUT2D eigenvalue weighted by Gasteiger charge is 2.16. The molecule has 0 fully saturated rings. The number of aromatic nitrogens is 3. The van der Waals surface area contributed by atoms with E-state index in [9.17, 15) is 9.59 Å². The van der Waals surface area contributed by atoms with Crippen LogP contribution in [-0.4, -0.2) is 26.6 Å². The lowest BCUT2D eigenvalue weighted by Gasteiger charge is -2.14. The first-order chi connectivity index (χ1) is 14.9. The molecule has 4 aromatic rings. The van der Waals surface area contributed by atoms with Gasteiger partial charge in [0.1, 0.15) is 10.8 Å². The van der Waals surface area contributed by atoms with Gasteiger partial charge in [-0.1, -0.05) is 53.3 Å². The lowest BCUT2D eigenvalue weighted by Crippen LogP contribution is -2.36. The van der Waals surface area contributed by atoms with E-state index in [2.05, 4.69) is 15.4 Å². The largest absolute Gasteiger partial charge is 0.481 e. The standard InChI is InChI=1S/C23H22N4O3S/c1-14-7-9-17(10-8-14)22-26-27-20(28)12-18(25-23(27)31-22)13-24-21(29)16(3)30-19-6-4-5-15(2)11-19/h4-12,16H,13H2,1-3H3,(H,24,29). The van der Waals surface area contributed by atoms with Gasteiger partial charge < -0.3 is 10.1 Å². The van der Waals surface area contributed by atoms with Crippen molar-refractivity contribution in [2.45, 2.75) is 33.4 Å². The molecule has 158 valence electrons. The first kappa shape index (κ1) is 20.7. The summed E-state index contributed by atoms with van der Waals surface area (Å²) in [6, 6.07) is 16.8. The smallest absolute Gasteiger partial charge is 0.275 e. The van der Waals surface area contributed by atoms with Gasteiger partial charge in [-0.05, 0) is 38.5 Å². The molecule has 0 spiro atoms. The number of nitrogens with zero attached hydrogens (tertiary/aromatic N) is 3. The van der Waals surface area contributed by atoms with E-state index in [4.69, 9.17) is 4.74 Å². The number of amides is 1. The Kier molecular flexibility index (Phi) is 5.81. The van der Waals surface area contributed by atoms with Gasteiger partial charge in [-0.15, -0.1) is 0 Å². The molecule has 1 atom stereocenters. The average Bonchev–Trinajstić information content (AvgIpc) is 3.17. The highest BCUT2D eigenvalue weighted by atomic mass is 32.1. The van der Waals surface area contributed by atoms with Gasteiger partial charge in [0.25, 0.3) is 11.5 Å². The molecule has 2 aromatic heterocycles. The van der Waals surface area contributed by atoms with E-state index in [0.717, 1.165) is 16.7 Å². The van der Waals surface area contributed by atoms with Gasteiger partial charge in [-0.2, -0.15) is 9.61 Å². The number of hydrogen-bond acceptors (Lipinski definition) is 6. The van der Waals surface area contributed by atoms with Crippen LogP contribution in [0.1, 0.15) is 23.7 Å². The number of hydrogen-bond donors (Lipinski definition) is 1. The highest BCUT2D eigenvalue weighted by molar-refractivity contribution is 7.19. The number of rotatable bonds is 6. The van der Waals surface area contributed by atoms with Crippen LogP contribution >= 0.6 is 11.3 Å². The van der Waals surface area contributed by atoms with E-state index < -0.39 is 6.10 Å². The Morgan fingerprint density at radius 3 is 2.65 bits per heavy atom. The number of benzene rings is 2. The second-order valence-corrected chi connectivity index (χ2v) is 8.30. The first-order valence-electron chi connectivity index (χ1n) is 9.87. The second-order valence-electron chi connectivity index (χ2n) is 7.35. The summed E-state index contributed by atoms with van der Waals surface area (Å²) in [5.74, 6) is 0.349. The quantitative estimate of drug-likeness (QED) is 0.502. The summed E-state index contributed by atoms with van der Waals surface area (Å²) in [6.45, 7) is 5.78. The molecule has 1 N–H and O–H groups in total. The Hall–Kier alpha value is -3.52. The molecule has 31 heavy (non-hydrogen) atoms. The average molecular weight is 435 g/mol. The van der Waals surface area contributed by atoms with Crippen molar-refractivity contribution in [2.75, 3.05) is 0 Å². The Morgan fingerprint density at radius 1 is 1.13 bits per heavy atom. The maximum atomic E-state index is 12.5.